The standard InChI is InChI=1S/C22H42OS/c1-2-3-4-5-6-7-8-9-10-11-12-13-14-18-24-20-21-16-15-17-22(23)19-21/h21H,2-20H2,1H3. The van der Waals surface area contributed by atoms with Crippen LogP contribution in [0.3, 0.4) is 0 Å². The van der Waals surface area contributed by atoms with Crippen molar-refractivity contribution in [2.24, 2.45) is 5.92 Å². The molecule has 0 bridgehead atoms. The average Bonchev–Trinajstić information content (AvgIpc) is 2.58. The van der Waals surface area contributed by atoms with Crippen molar-refractivity contribution in [2.75, 3.05) is 11.5 Å². The molecule has 0 aromatic carbocycles. The number of hydrogen-bond acceptors (Lipinski definition) is 2. The van der Waals surface area contributed by atoms with Gasteiger partial charge in [0, 0.05) is 12.8 Å². The van der Waals surface area contributed by atoms with E-state index < -0.39 is 0 Å². The Morgan fingerprint density at radius 3 is 1.92 bits per heavy atom. The van der Waals surface area contributed by atoms with E-state index in [1.165, 1.54) is 101 Å². The van der Waals surface area contributed by atoms with E-state index in [9.17, 15) is 4.79 Å². The summed E-state index contributed by atoms with van der Waals surface area (Å²) in [6.45, 7) is 2.29. The molecule has 0 aliphatic heterocycles. The van der Waals surface area contributed by atoms with Crippen molar-refractivity contribution in [3.05, 3.63) is 0 Å². The molecule has 1 unspecified atom stereocenters. The highest BCUT2D eigenvalue weighted by atomic mass is 32.2. The highest BCUT2D eigenvalue weighted by Gasteiger charge is 2.18. The molecule has 0 aromatic rings. The lowest BCUT2D eigenvalue weighted by atomic mass is 9.90. The lowest BCUT2D eigenvalue weighted by Crippen LogP contribution is -2.16. The van der Waals surface area contributed by atoms with Crippen LogP contribution in [0.1, 0.15) is 116 Å². The highest BCUT2D eigenvalue weighted by molar-refractivity contribution is 7.99. The first-order chi connectivity index (χ1) is 11.8. The van der Waals surface area contributed by atoms with E-state index in [0.717, 1.165) is 19.3 Å². The summed E-state index contributed by atoms with van der Waals surface area (Å²) in [6, 6.07) is 0. The van der Waals surface area contributed by atoms with Gasteiger partial charge in [0.05, 0.1) is 0 Å². The molecule has 1 rings (SSSR count). The van der Waals surface area contributed by atoms with Gasteiger partial charge >= 0.3 is 0 Å². The third kappa shape index (κ3) is 13.3. The Labute approximate surface area is 156 Å². The largest absolute Gasteiger partial charge is 0.300 e. The molecule has 0 radical (unpaired) electrons. The molecule has 1 saturated carbocycles. The Balaban J connectivity index is 1.71. The van der Waals surface area contributed by atoms with Crippen molar-refractivity contribution in [3.8, 4) is 0 Å². The summed E-state index contributed by atoms with van der Waals surface area (Å²) in [6.07, 6.45) is 22.8. The van der Waals surface area contributed by atoms with Crippen LogP contribution in [0, 0.1) is 5.92 Å². The molecule has 1 nitrogen and oxygen atoms in total. The maximum Gasteiger partial charge on any atom is 0.133 e. The van der Waals surface area contributed by atoms with Crippen LogP contribution in [0.25, 0.3) is 0 Å². The third-order valence-corrected chi connectivity index (χ3v) is 6.61. The zero-order chi connectivity index (χ0) is 17.3. The van der Waals surface area contributed by atoms with E-state index in [-0.39, 0.29) is 0 Å². The van der Waals surface area contributed by atoms with E-state index in [1.54, 1.807) is 0 Å². The van der Waals surface area contributed by atoms with Gasteiger partial charge in [0.25, 0.3) is 0 Å². The predicted octanol–water partition coefficient (Wildman–Crippen LogP) is 7.57. The van der Waals surface area contributed by atoms with Crippen molar-refractivity contribution in [1.29, 1.82) is 0 Å². The molecule has 1 atom stereocenters. The number of ketones is 1. The molecular weight excluding hydrogens is 312 g/mol. The van der Waals surface area contributed by atoms with Crippen LogP contribution in [0.5, 0.6) is 0 Å². The molecule has 0 amide bonds. The summed E-state index contributed by atoms with van der Waals surface area (Å²) in [7, 11) is 0. The van der Waals surface area contributed by atoms with Gasteiger partial charge in [0.15, 0.2) is 0 Å². The molecule has 0 heterocycles. The molecule has 0 saturated heterocycles. The van der Waals surface area contributed by atoms with Gasteiger partial charge in [-0.2, -0.15) is 11.8 Å². The second kappa shape index (κ2) is 16.5. The van der Waals surface area contributed by atoms with Gasteiger partial charge < -0.3 is 0 Å². The Bertz CT molecular complexity index is 290. The summed E-state index contributed by atoms with van der Waals surface area (Å²) >= 11 is 2.09. The molecule has 0 spiro atoms. The van der Waals surface area contributed by atoms with E-state index in [2.05, 4.69) is 18.7 Å². The second-order valence-corrected chi connectivity index (χ2v) is 8.97. The average molecular weight is 355 g/mol. The van der Waals surface area contributed by atoms with E-state index in [1.807, 2.05) is 0 Å². The monoisotopic (exact) mass is 354 g/mol. The van der Waals surface area contributed by atoms with Gasteiger partial charge in [-0.3, -0.25) is 4.79 Å². The minimum Gasteiger partial charge on any atom is -0.300 e. The normalized spacial score (nSPS) is 18.2. The van der Waals surface area contributed by atoms with Crippen LogP contribution >= 0.6 is 11.8 Å². The summed E-state index contributed by atoms with van der Waals surface area (Å²) in [5.41, 5.74) is 0. The lowest BCUT2D eigenvalue weighted by Gasteiger charge is -2.20. The zero-order valence-electron chi connectivity index (χ0n) is 16.3. The van der Waals surface area contributed by atoms with Crippen LogP contribution in [-0.2, 0) is 4.79 Å². The van der Waals surface area contributed by atoms with Gasteiger partial charge in [-0.1, -0.05) is 84.0 Å². The van der Waals surface area contributed by atoms with Gasteiger partial charge in [-0.05, 0) is 36.7 Å². The van der Waals surface area contributed by atoms with Crippen LogP contribution in [-0.4, -0.2) is 17.3 Å². The first kappa shape index (κ1) is 22.1. The van der Waals surface area contributed by atoms with Crippen molar-refractivity contribution in [2.45, 2.75) is 116 Å². The molecule has 24 heavy (non-hydrogen) atoms. The summed E-state index contributed by atoms with van der Waals surface area (Å²) in [5.74, 6) is 3.73. The number of carbonyl (C=O) groups excluding carboxylic acids is 1. The third-order valence-electron chi connectivity index (χ3n) is 5.33. The fourth-order valence-corrected chi connectivity index (χ4v) is 4.92. The molecular formula is C22H42OS. The Hall–Kier alpha value is 0.0200. The van der Waals surface area contributed by atoms with Crippen molar-refractivity contribution >= 4 is 17.5 Å². The minimum atomic E-state index is 0.507. The van der Waals surface area contributed by atoms with Crippen LogP contribution in [0.4, 0.5) is 0 Å². The maximum atomic E-state index is 11.4. The van der Waals surface area contributed by atoms with Crippen LogP contribution in [0.2, 0.25) is 0 Å². The second-order valence-electron chi connectivity index (χ2n) is 7.82. The van der Waals surface area contributed by atoms with Crippen LogP contribution < -0.4 is 0 Å². The smallest absolute Gasteiger partial charge is 0.133 e. The van der Waals surface area contributed by atoms with Gasteiger partial charge in [0.1, 0.15) is 5.78 Å². The van der Waals surface area contributed by atoms with Gasteiger partial charge in [-0.25, -0.2) is 0 Å². The van der Waals surface area contributed by atoms with Crippen molar-refractivity contribution in [3.63, 3.8) is 0 Å². The Kier molecular flexibility index (Phi) is 15.2. The Morgan fingerprint density at radius 2 is 1.38 bits per heavy atom. The number of hydrogen-bond donors (Lipinski definition) is 0. The number of Topliss-reactive ketones (excluding diaryl/α,β-unsaturated/α-hetero) is 1. The molecule has 1 aliphatic carbocycles. The fourth-order valence-electron chi connectivity index (χ4n) is 3.73. The molecule has 1 aliphatic rings. The number of unbranched alkanes of at least 4 members (excludes halogenated alkanes) is 12. The quantitative estimate of drug-likeness (QED) is 0.266. The summed E-state index contributed by atoms with van der Waals surface area (Å²) in [4.78, 5) is 11.4. The fraction of sp³-hybridized carbons (Fsp3) is 0.955. The van der Waals surface area contributed by atoms with E-state index in [4.69, 9.17) is 0 Å². The number of rotatable bonds is 16. The van der Waals surface area contributed by atoms with Crippen molar-refractivity contribution in [1.82, 2.24) is 0 Å². The molecule has 2 heteroatoms. The maximum absolute atomic E-state index is 11.4. The molecule has 1 fully saturated rings. The SMILES string of the molecule is CCCCCCCCCCCCCCCSCC1CCCC(=O)C1. The molecule has 0 N–H and O–H groups in total. The highest BCUT2D eigenvalue weighted by Crippen LogP contribution is 2.25. The van der Waals surface area contributed by atoms with E-state index >= 15 is 0 Å². The van der Waals surface area contributed by atoms with E-state index in [0.29, 0.717) is 11.7 Å². The molecule has 142 valence electrons. The minimum absolute atomic E-state index is 0.507. The topological polar surface area (TPSA) is 17.1 Å². The van der Waals surface area contributed by atoms with Crippen LogP contribution in [0.15, 0.2) is 0 Å². The van der Waals surface area contributed by atoms with Crippen molar-refractivity contribution < 1.29 is 4.79 Å². The lowest BCUT2D eigenvalue weighted by molar-refractivity contribution is -0.121. The number of carbonyl (C=O) groups is 1. The predicted molar refractivity (Wildman–Crippen MR) is 110 cm³/mol. The Morgan fingerprint density at radius 1 is 0.833 bits per heavy atom. The summed E-state index contributed by atoms with van der Waals surface area (Å²) < 4.78 is 0. The zero-order valence-corrected chi connectivity index (χ0v) is 17.1. The first-order valence-electron chi connectivity index (χ1n) is 10.9. The van der Waals surface area contributed by atoms with Gasteiger partial charge in [-0.15, -0.1) is 0 Å². The number of thioether (sulfide) groups is 1. The first-order valence-corrected chi connectivity index (χ1v) is 12.1. The van der Waals surface area contributed by atoms with Gasteiger partial charge in [0.2, 0.25) is 0 Å². The molecule has 0 aromatic heterocycles. The summed E-state index contributed by atoms with van der Waals surface area (Å²) in [5, 5.41) is 0.